The molecule has 1 aromatic rings. The highest BCUT2D eigenvalue weighted by molar-refractivity contribution is 5.98. The molecule has 2 heterocycles. The van der Waals surface area contributed by atoms with Gasteiger partial charge in [0.25, 0.3) is 0 Å². The Morgan fingerprint density at radius 3 is 2.44 bits per heavy atom. The second kappa shape index (κ2) is 13.8. The first-order valence-corrected chi connectivity index (χ1v) is 14.7. The van der Waals surface area contributed by atoms with E-state index in [0.717, 1.165) is 32.2 Å². The number of nitrogens with one attached hydrogen (secondary N) is 4. The van der Waals surface area contributed by atoms with E-state index in [0.29, 0.717) is 43.2 Å². The predicted octanol–water partition coefficient (Wildman–Crippen LogP) is 1.03. The third-order valence-electron chi connectivity index (χ3n) is 8.31. The molecule has 1 aromatic carbocycles. The third-order valence-corrected chi connectivity index (χ3v) is 8.31. The van der Waals surface area contributed by atoms with E-state index in [4.69, 9.17) is 9.47 Å². The molecule has 1 unspecified atom stereocenters. The highest BCUT2D eigenvalue weighted by Crippen LogP contribution is 2.33. The molecule has 226 valence electrons. The fourth-order valence-electron chi connectivity index (χ4n) is 5.55. The monoisotopic (exact) mass is 572 g/mol. The Morgan fingerprint density at radius 1 is 1.10 bits per heavy atom. The molecule has 5 N–H and O–H groups in total. The van der Waals surface area contributed by atoms with E-state index in [9.17, 15) is 24.3 Å². The molecule has 3 fully saturated rings. The Labute approximate surface area is 241 Å². The number of phenols is 1. The van der Waals surface area contributed by atoms with E-state index < -0.39 is 35.5 Å². The van der Waals surface area contributed by atoms with E-state index in [1.807, 2.05) is 0 Å². The minimum absolute atomic E-state index is 0.0844. The van der Waals surface area contributed by atoms with E-state index in [1.54, 1.807) is 39.0 Å². The normalized spacial score (nSPS) is 24.6. The Balaban J connectivity index is 1.44. The van der Waals surface area contributed by atoms with Crippen LogP contribution in [-0.4, -0.2) is 84.7 Å². The Kier molecular flexibility index (Phi) is 10.4. The number of epoxide rings is 1. The number of carbonyl (C=O) groups is 4. The molecule has 1 aliphatic carbocycles. The number of aryl methyl sites for hydroxylation is 1. The van der Waals surface area contributed by atoms with Crippen LogP contribution in [0.15, 0.2) is 18.2 Å². The van der Waals surface area contributed by atoms with Crippen molar-refractivity contribution in [2.24, 2.45) is 5.92 Å². The first-order valence-electron chi connectivity index (χ1n) is 14.7. The van der Waals surface area contributed by atoms with E-state index in [-0.39, 0.29) is 36.4 Å². The molecule has 0 radical (unpaired) electrons. The van der Waals surface area contributed by atoms with Gasteiger partial charge in [-0.1, -0.05) is 37.8 Å². The minimum atomic E-state index is -1.04. The number of amides is 3. The van der Waals surface area contributed by atoms with Crippen LogP contribution in [0.3, 0.4) is 0 Å². The standard InChI is InChI=1S/C30H44N4O7/c1-18-8-9-21(14-25(18)35)13-24(34-28(38)19(2)32-26(36)15-22-16-31-10-11-40-22)29(39)33-23(12-20-6-4-5-7-20)27(37)30(3)17-41-30/h8-9,14,19-20,22-24,31,35H,4-7,10-13,15-17H2,1-3H3,(H,32,36)(H,33,39)(H,34,38)/t19-,22?,23-,24-,30+/m0/s1. The number of phenolic OH excluding ortho intramolecular Hbond substituents is 1. The number of Topliss-reactive ketones (excluding diaryl/α,β-unsaturated/α-hetero) is 1. The molecular formula is C30H44N4O7. The molecule has 1 saturated carbocycles. The zero-order valence-corrected chi connectivity index (χ0v) is 24.3. The molecule has 0 spiro atoms. The SMILES string of the molecule is Cc1ccc(C[C@H](NC(=O)[C@H](C)NC(=O)CC2CNCCO2)C(=O)N[C@@H](CC2CCCC2)C(=O)[C@@]2(C)CO2)cc1O. The average molecular weight is 573 g/mol. The molecule has 0 aromatic heterocycles. The number of carbonyl (C=O) groups excluding carboxylic acids is 4. The molecule has 11 heteroatoms. The fraction of sp³-hybridized carbons (Fsp3) is 0.667. The maximum atomic E-state index is 13.7. The van der Waals surface area contributed by atoms with Crippen molar-refractivity contribution >= 4 is 23.5 Å². The van der Waals surface area contributed by atoms with E-state index in [2.05, 4.69) is 21.3 Å². The number of rotatable bonds is 13. The first kappa shape index (κ1) is 30.9. The maximum Gasteiger partial charge on any atom is 0.243 e. The predicted molar refractivity (Wildman–Crippen MR) is 151 cm³/mol. The molecule has 4 rings (SSSR count). The summed E-state index contributed by atoms with van der Waals surface area (Å²) in [6, 6.07) is 2.41. The average Bonchev–Trinajstić information content (AvgIpc) is 3.48. The second-order valence-electron chi connectivity index (χ2n) is 11.9. The van der Waals surface area contributed by atoms with E-state index in [1.165, 1.54) is 0 Å². The van der Waals surface area contributed by atoms with Crippen LogP contribution in [0.4, 0.5) is 0 Å². The number of hydrogen-bond acceptors (Lipinski definition) is 8. The van der Waals surface area contributed by atoms with Crippen molar-refractivity contribution in [3.05, 3.63) is 29.3 Å². The molecular weight excluding hydrogens is 528 g/mol. The highest BCUT2D eigenvalue weighted by Gasteiger charge is 2.50. The molecule has 3 aliphatic rings. The molecule has 0 bridgehead atoms. The van der Waals surface area contributed by atoms with Gasteiger partial charge in [0.1, 0.15) is 23.4 Å². The molecule has 2 saturated heterocycles. The fourth-order valence-corrected chi connectivity index (χ4v) is 5.55. The topological polar surface area (TPSA) is 158 Å². The number of ketones is 1. The van der Waals surface area contributed by atoms with Crippen LogP contribution in [0.25, 0.3) is 0 Å². The summed E-state index contributed by atoms with van der Waals surface area (Å²) in [4.78, 5) is 52.7. The first-order chi connectivity index (χ1) is 19.5. The largest absolute Gasteiger partial charge is 0.508 e. The third kappa shape index (κ3) is 8.73. The summed E-state index contributed by atoms with van der Waals surface area (Å²) < 4.78 is 11.0. The minimum Gasteiger partial charge on any atom is -0.508 e. The number of morpholine rings is 1. The summed E-state index contributed by atoms with van der Waals surface area (Å²) in [5.74, 6) is -1.09. The van der Waals surface area contributed by atoms with Crippen molar-refractivity contribution in [2.45, 2.75) is 95.5 Å². The van der Waals surface area contributed by atoms with Crippen LogP contribution >= 0.6 is 0 Å². The van der Waals surface area contributed by atoms with Crippen LogP contribution in [0.5, 0.6) is 5.75 Å². The summed E-state index contributed by atoms with van der Waals surface area (Å²) in [5.41, 5.74) is 0.435. The van der Waals surface area contributed by atoms with Crippen molar-refractivity contribution in [1.82, 2.24) is 21.3 Å². The van der Waals surface area contributed by atoms with Crippen LogP contribution in [0.1, 0.15) is 63.5 Å². The maximum absolute atomic E-state index is 13.7. The number of aromatic hydroxyl groups is 1. The van der Waals surface area contributed by atoms with Gasteiger partial charge in [-0.15, -0.1) is 0 Å². The summed E-state index contributed by atoms with van der Waals surface area (Å²) >= 11 is 0. The Bertz CT molecular complexity index is 1110. The quantitative estimate of drug-likeness (QED) is 0.219. The van der Waals surface area contributed by atoms with Crippen molar-refractivity contribution in [3.8, 4) is 5.75 Å². The summed E-state index contributed by atoms with van der Waals surface area (Å²) in [6.45, 7) is 7.19. The van der Waals surface area contributed by atoms with Gasteiger partial charge in [-0.3, -0.25) is 19.2 Å². The van der Waals surface area contributed by atoms with Gasteiger partial charge in [0.2, 0.25) is 17.7 Å². The van der Waals surface area contributed by atoms with Gasteiger partial charge in [0.05, 0.1) is 31.8 Å². The van der Waals surface area contributed by atoms with Crippen molar-refractivity contribution < 1.29 is 33.8 Å². The van der Waals surface area contributed by atoms with Gasteiger partial charge >= 0.3 is 0 Å². The van der Waals surface area contributed by atoms with Crippen LogP contribution < -0.4 is 21.3 Å². The number of benzene rings is 1. The van der Waals surface area contributed by atoms with Gasteiger partial charge in [0.15, 0.2) is 5.78 Å². The Hall–Kier alpha value is -3.02. The summed E-state index contributed by atoms with van der Waals surface area (Å²) in [7, 11) is 0. The van der Waals surface area contributed by atoms with Crippen molar-refractivity contribution in [1.29, 1.82) is 0 Å². The van der Waals surface area contributed by atoms with Crippen molar-refractivity contribution in [2.75, 3.05) is 26.3 Å². The van der Waals surface area contributed by atoms with Crippen LogP contribution in [0, 0.1) is 12.8 Å². The molecule has 11 nitrogen and oxygen atoms in total. The van der Waals surface area contributed by atoms with Gasteiger partial charge in [-0.25, -0.2) is 0 Å². The van der Waals surface area contributed by atoms with Gasteiger partial charge in [0, 0.05) is 19.5 Å². The van der Waals surface area contributed by atoms with Gasteiger partial charge < -0.3 is 35.8 Å². The van der Waals surface area contributed by atoms with E-state index >= 15 is 0 Å². The van der Waals surface area contributed by atoms with Crippen molar-refractivity contribution in [3.63, 3.8) is 0 Å². The number of hydrogen-bond donors (Lipinski definition) is 5. The lowest BCUT2D eigenvalue weighted by Crippen LogP contribution is -2.57. The zero-order valence-electron chi connectivity index (χ0n) is 24.3. The zero-order chi connectivity index (χ0) is 29.6. The highest BCUT2D eigenvalue weighted by atomic mass is 16.6. The second-order valence-corrected chi connectivity index (χ2v) is 11.9. The lowest BCUT2D eigenvalue weighted by Gasteiger charge is -2.27. The van der Waals surface area contributed by atoms with Gasteiger partial charge in [-0.05, 0) is 50.3 Å². The molecule has 41 heavy (non-hydrogen) atoms. The lowest BCUT2D eigenvalue weighted by atomic mass is 9.90. The summed E-state index contributed by atoms with van der Waals surface area (Å²) in [6.07, 6.45) is 4.71. The Morgan fingerprint density at radius 2 is 1.80 bits per heavy atom. The van der Waals surface area contributed by atoms with Crippen LogP contribution in [-0.2, 0) is 35.1 Å². The van der Waals surface area contributed by atoms with Crippen LogP contribution in [0.2, 0.25) is 0 Å². The smallest absolute Gasteiger partial charge is 0.243 e. The lowest BCUT2D eigenvalue weighted by molar-refractivity contribution is -0.134. The molecule has 5 atom stereocenters. The summed E-state index contributed by atoms with van der Waals surface area (Å²) in [5, 5.41) is 21.8. The molecule has 2 aliphatic heterocycles. The van der Waals surface area contributed by atoms with Gasteiger partial charge in [-0.2, -0.15) is 0 Å². The molecule has 3 amide bonds. The number of ether oxygens (including phenoxy) is 2.